The number of rotatable bonds is 5. The van der Waals surface area contributed by atoms with Crippen molar-refractivity contribution in [2.24, 2.45) is 11.3 Å². The number of hydrogen-bond donors (Lipinski definition) is 1. The highest BCUT2D eigenvalue weighted by Gasteiger charge is 2.50. The lowest BCUT2D eigenvalue weighted by molar-refractivity contribution is -0.208. The predicted octanol–water partition coefficient (Wildman–Crippen LogP) is 4.14. The first-order valence-corrected chi connectivity index (χ1v) is 10.6. The van der Waals surface area contributed by atoms with Gasteiger partial charge in [-0.05, 0) is 62.1 Å². The number of aromatic nitrogens is 2. The van der Waals surface area contributed by atoms with Gasteiger partial charge in [-0.2, -0.15) is 18.3 Å². The van der Waals surface area contributed by atoms with E-state index in [1.165, 1.54) is 12.1 Å². The van der Waals surface area contributed by atoms with E-state index in [1.54, 1.807) is 29.9 Å². The minimum absolute atomic E-state index is 0.0886. The maximum atomic E-state index is 13.3. The minimum atomic E-state index is -4.77. The molecule has 1 aromatic heterocycles. The fourth-order valence-corrected chi connectivity index (χ4v) is 4.94. The number of amides is 1. The molecule has 32 heavy (non-hydrogen) atoms. The minimum Gasteiger partial charge on any atom is -0.382 e. The van der Waals surface area contributed by atoms with Crippen LogP contribution in [-0.2, 0) is 11.2 Å². The highest BCUT2D eigenvalue weighted by atomic mass is 19.4. The van der Waals surface area contributed by atoms with Crippen LogP contribution in [0.25, 0.3) is 11.8 Å². The van der Waals surface area contributed by atoms with E-state index in [0.29, 0.717) is 19.3 Å². The summed E-state index contributed by atoms with van der Waals surface area (Å²) in [6, 6.07) is 6.01. The van der Waals surface area contributed by atoms with Gasteiger partial charge < -0.3 is 10.0 Å². The van der Waals surface area contributed by atoms with Crippen molar-refractivity contribution in [3.05, 3.63) is 53.1 Å². The number of aliphatic hydroxyl groups is 1. The molecule has 2 aliphatic rings. The number of nitrogens with zero attached hydrogens (tertiary/aromatic N) is 3. The Morgan fingerprint density at radius 1 is 1.34 bits per heavy atom. The number of allylic oxidation sites excluding steroid dienone is 1. The maximum Gasteiger partial charge on any atom is 0.416 e. The number of fused-ring (bicyclic) bond motifs is 2. The van der Waals surface area contributed by atoms with E-state index < -0.39 is 30.2 Å². The van der Waals surface area contributed by atoms with Gasteiger partial charge in [-0.15, -0.1) is 0 Å². The Bertz CT molecular complexity index is 1040. The molecule has 172 valence electrons. The van der Waals surface area contributed by atoms with Gasteiger partial charge in [0.05, 0.1) is 24.1 Å². The zero-order valence-electron chi connectivity index (χ0n) is 17.9. The number of halogens is 4. The van der Waals surface area contributed by atoms with Crippen molar-refractivity contribution in [2.45, 2.75) is 45.4 Å². The van der Waals surface area contributed by atoms with Crippen LogP contribution in [-0.4, -0.2) is 51.1 Å². The molecular weight excluding hydrogens is 426 g/mol. The van der Waals surface area contributed by atoms with E-state index in [2.05, 4.69) is 5.10 Å². The van der Waals surface area contributed by atoms with Crippen molar-refractivity contribution >= 4 is 12.0 Å². The molecule has 1 aromatic carbocycles. The molecule has 1 heterocycles. The van der Waals surface area contributed by atoms with Crippen LogP contribution < -0.4 is 0 Å². The maximum absolute atomic E-state index is 13.3. The molecule has 2 aliphatic carbocycles. The van der Waals surface area contributed by atoms with E-state index in [4.69, 9.17) is 0 Å². The van der Waals surface area contributed by atoms with Crippen molar-refractivity contribution in [1.82, 2.24) is 14.7 Å². The average molecular weight is 451 g/mol. The molecule has 0 radical (unpaired) electrons. The molecule has 2 aromatic rings. The summed E-state index contributed by atoms with van der Waals surface area (Å²) < 4.78 is 53.5. The van der Waals surface area contributed by atoms with Crippen LogP contribution in [0.4, 0.5) is 17.6 Å². The van der Waals surface area contributed by atoms with Crippen LogP contribution in [0.15, 0.2) is 36.0 Å². The van der Waals surface area contributed by atoms with Crippen LogP contribution in [0.1, 0.15) is 37.9 Å². The van der Waals surface area contributed by atoms with E-state index in [0.717, 1.165) is 27.4 Å². The first-order chi connectivity index (χ1) is 15.0. The summed E-state index contributed by atoms with van der Waals surface area (Å²) in [6.07, 6.45) is -1.89. The number of likely N-dealkylation sites (N-methyl/N-ethyl adjacent to an activating group) is 1. The zero-order chi connectivity index (χ0) is 23.3. The molecule has 4 rings (SSSR count). The van der Waals surface area contributed by atoms with Crippen molar-refractivity contribution in [1.29, 1.82) is 0 Å². The average Bonchev–Trinajstić information content (AvgIpc) is 3.28. The molecular formula is C23H25F4N3O2. The predicted molar refractivity (Wildman–Crippen MR) is 110 cm³/mol. The molecule has 1 amide bonds. The van der Waals surface area contributed by atoms with Crippen molar-refractivity contribution in [3.8, 4) is 5.69 Å². The molecule has 9 heteroatoms. The second-order valence-corrected chi connectivity index (χ2v) is 8.73. The van der Waals surface area contributed by atoms with E-state index >= 15 is 0 Å². The lowest BCUT2D eigenvalue weighted by atomic mass is 9.69. The normalized spacial score (nSPS) is 23.3. The van der Waals surface area contributed by atoms with Gasteiger partial charge in [0.25, 0.3) is 0 Å². The Morgan fingerprint density at radius 3 is 2.66 bits per heavy atom. The monoisotopic (exact) mass is 451 g/mol. The fraction of sp³-hybridized carbons (Fsp3) is 0.478. The highest BCUT2D eigenvalue weighted by molar-refractivity contribution is 5.82. The smallest absolute Gasteiger partial charge is 0.382 e. The quantitative estimate of drug-likeness (QED) is 0.696. The van der Waals surface area contributed by atoms with E-state index in [9.17, 15) is 27.5 Å². The Balaban J connectivity index is 1.60. The molecule has 1 fully saturated rings. The summed E-state index contributed by atoms with van der Waals surface area (Å²) in [5.41, 5.74) is 3.05. The molecule has 0 aliphatic heterocycles. The number of hydrogen-bond acceptors (Lipinski definition) is 3. The summed E-state index contributed by atoms with van der Waals surface area (Å²) in [5.74, 6) is -1.18. The van der Waals surface area contributed by atoms with Crippen LogP contribution in [0.5, 0.6) is 0 Å². The van der Waals surface area contributed by atoms with Gasteiger partial charge in [-0.25, -0.2) is 9.07 Å². The first-order valence-electron chi connectivity index (χ1n) is 10.6. The van der Waals surface area contributed by atoms with E-state index in [-0.39, 0.29) is 18.3 Å². The molecule has 0 spiro atoms. The van der Waals surface area contributed by atoms with Gasteiger partial charge >= 0.3 is 6.18 Å². The Hall–Kier alpha value is -2.68. The number of alkyl halides is 3. The molecule has 5 nitrogen and oxygen atoms in total. The van der Waals surface area contributed by atoms with Gasteiger partial charge in [0.2, 0.25) is 5.91 Å². The second kappa shape index (κ2) is 8.03. The van der Waals surface area contributed by atoms with Crippen LogP contribution in [0.3, 0.4) is 0 Å². The SMILES string of the molecule is CCN(CC(O)C(F)(F)F)C(=O)[C@H]1CCC2=Cc3c(cnn3-c3ccc(F)cc3)C[C@@]21C. The third-order valence-corrected chi connectivity index (χ3v) is 6.79. The highest BCUT2D eigenvalue weighted by Crippen LogP contribution is 2.53. The van der Waals surface area contributed by atoms with Crippen molar-refractivity contribution < 1.29 is 27.5 Å². The van der Waals surface area contributed by atoms with Gasteiger partial charge in [-0.1, -0.05) is 12.5 Å². The van der Waals surface area contributed by atoms with Crippen LogP contribution in [0.2, 0.25) is 0 Å². The zero-order valence-corrected chi connectivity index (χ0v) is 17.9. The van der Waals surface area contributed by atoms with Gasteiger partial charge in [-0.3, -0.25) is 4.79 Å². The molecule has 3 atom stereocenters. The summed E-state index contributed by atoms with van der Waals surface area (Å²) in [5, 5.41) is 13.9. The van der Waals surface area contributed by atoms with Crippen molar-refractivity contribution in [2.75, 3.05) is 13.1 Å². The second-order valence-electron chi connectivity index (χ2n) is 8.73. The van der Waals surface area contributed by atoms with Gasteiger partial charge in [0.1, 0.15) is 5.82 Å². The number of carbonyl (C=O) groups excluding carboxylic acids is 1. The topological polar surface area (TPSA) is 58.4 Å². The van der Waals surface area contributed by atoms with Gasteiger partial charge in [0.15, 0.2) is 6.10 Å². The summed E-state index contributed by atoms with van der Waals surface area (Å²) >= 11 is 0. The lowest BCUT2D eigenvalue weighted by Gasteiger charge is -2.38. The first kappa shape index (κ1) is 22.5. The Kier molecular flexibility index (Phi) is 5.65. The van der Waals surface area contributed by atoms with Crippen LogP contribution in [0, 0.1) is 17.2 Å². The Labute approximate surface area is 183 Å². The standard InChI is InChI=1S/C23H25F4N3O2/c1-3-29(13-20(31)23(25,26)27)21(32)18-9-4-15-10-19-14(11-22(15,18)2)12-28-30(19)17-7-5-16(24)6-8-17/h5-8,10,12,18,20,31H,3-4,9,11,13H2,1-2H3/t18-,20?,22+/m1/s1. The summed E-state index contributed by atoms with van der Waals surface area (Å²) in [4.78, 5) is 14.3. The third-order valence-electron chi connectivity index (χ3n) is 6.79. The number of carbonyl (C=O) groups is 1. The summed E-state index contributed by atoms with van der Waals surface area (Å²) in [6.45, 7) is 2.91. The lowest BCUT2D eigenvalue weighted by Crippen LogP contribution is -2.48. The molecule has 1 saturated carbocycles. The summed E-state index contributed by atoms with van der Waals surface area (Å²) in [7, 11) is 0. The third kappa shape index (κ3) is 3.83. The van der Waals surface area contributed by atoms with E-state index in [1.807, 2.05) is 13.0 Å². The Morgan fingerprint density at radius 2 is 2.03 bits per heavy atom. The number of benzene rings is 1. The van der Waals surface area contributed by atoms with Crippen LogP contribution >= 0.6 is 0 Å². The molecule has 0 saturated heterocycles. The van der Waals surface area contributed by atoms with Crippen molar-refractivity contribution in [3.63, 3.8) is 0 Å². The molecule has 1 N–H and O–H groups in total. The van der Waals surface area contributed by atoms with Gasteiger partial charge in [0, 0.05) is 17.9 Å². The number of aliphatic hydroxyl groups excluding tert-OH is 1. The largest absolute Gasteiger partial charge is 0.416 e. The molecule has 1 unspecified atom stereocenters. The molecule has 0 bridgehead atoms. The fourth-order valence-electron chi connectivity index (χ4n) is 4.94.